The van der Waals surface area contributed by atoms with Gasteiger partial charge in [-0.05, 0) is 74.2 Å². The minimum atomic E-state index is -3.99. The van der Waals surface area contributed by atoms with Gasteiger partial charge in [0, 0.05) is 0 Å². The van der Waals surface area contributed by atoms with E-state index in [1.165, 1.54) is 19.2 Å². The van der Waals surface area contributed by atoms with Gasteiger partial charge in [0.2, 0.25) is 15.9 Å². The Bertz CT molecular complexity index is 1240. The molecule has 0 aliphatic heterocycles. The van der Waals surface area contributed by atoms with Crippen molar-refractivity contribution in [2.24, 2.45) is 0 Å². The third-order valence-electron chi connectivity index (χ3n) is 5.27. The van der Waals surface area contributed by atoms with Crippen molar-refractivity contribution in [2.45, 2.75) is 38.1 Å². The first kappa shape index (κ1) is 25.3. The van der Waals surface area contributed by atoms with Gasteiger partial charge in [0.25, 0.3) is 0 Å². The zero-order valence-electron chi connectivity index (χ0n) is 19.8. The Morgan fingerprint density at radius 2 is 1.68 bits per heavy atom. The smallest absolute Gasteiger partial charge is 0.243 e. The largest absolute Gasteiger partial charge is 0.495 e. The van der Waals surface area contributed by atoms with Crippen molar-refractivity contribution in [3.8, 4) is 11.5 Å². The van der Waals surface area contributed by atoms with Crippen LogP contribution >= 0.6 is 0 Å². The van der Waals surface area contributed by atoms with Crippen LogP contribution in [0.25, 0.3) is 0 Å². The molecule has 0 saturated carbocycles. The lowest BCUT2D eigenvalue weighted by Crippen LogP contribution is -2.45. The van der Waals surface area contributed by atoms with Crippen LogP contribution in [0.3, 0.4) is 0 Å². The summed E-state index contributed by atoms with van der Waals surface area (Å²) in [6.45, 7) is 6.02. The van der Waals surface area contributed by atoms with Crippen molar-refractivity contribution in [3.05, 3.63) is 83.4 Å². The predicted octanol–water partition coefficient (Wildman–Crippen LogP) is 4.24. The van der Waals surface area contributed by atoms with E-state index in [1.54, 1.807) is 25.1 Å². The van der Waals surface area contributed by atoms with Crippen LogP contribution < -0.4 is 19.5 Å². The summed E-state index contributed by atoms with van der Waals surface area (Å²) in [7, 11) is -2.48. The molecule has 0 spiro atoms. The Kier molecular flexibility index (Phi) is 8.31. The lowest BCUT2D eigenvalue weighted by Gasteiger charge is -2.20. The monoisotopic (exact) mass is 482 g/mol. The fourth-order valence-corrected chi connectivity index (χ4v) is 4.82. The maximum atomic E-state index is 13.3. The van der Waals surface area contributed by atoms with Crippen LogP contribution in [0.5, 0.6) is 11.5 Å². The minimum absolute atomic E-state index is 0.0625. The van der Waals surface area contributed by atoms with Crippen LogP contribution in [0.2, 0.25) is 0 Å². The Balaban J connectivity index is 1.90. The average Bonchev–Trinajstić information content (AvgIpc) is 2.80. The SMILES string of the molecule is CCOc1ccc(S(=O)(=O)N[C@@H](Cc2ccccc2)C(=O)Nc2cc(C)ccc2OC)cc1C. The average molecular weight is 483 g/mol. The van der Waals surface area contributed by atoms with Crippen LogP contribution in [-0.2, 0) is 21.2 Å². The second-order valence-electron chi connectivity index (χ2n) is 7.92. The number of carbonyl (C=O) groups is 1. The number of hydrogen-bond donors (Lipinski definition) is 2. The van der Waals surface area contributed by atoms with E-state index in [-0.39, 0.29) is 11.3 Å². The lowest BCUT2D eigenvalue weighted by molar-refractivity contribution is -0.117. The van der Waals surface area contributed by atoms with Gasteiger partial charge in [-0.3, -0.25) is 4.79 Å². The number of benzene rings is 3. The van der Waals surface area contributed by atoms with E-state index < -0.39 is 22.0 Å². The van der Waals surface area contributed by atoms with E-state index in [9.17, 15) is 13.2 Å². The van der Waals surface area contributed by atoms with Gasteiger partial charge >= 0.3 is 0 Å². The summed E-state index contributed by atoms with van der Waals surface area (Å²) in [4.78, 5) is 13.4. The summed E-state index contributed by atoms with van der Waals surface area (Å²) in [5, 5.41) is 2.82. The van der Waals surface area contributed by atoms with Crippen molar-refractivity contribution < 1.29 is 22.7 Å². The Morgan fingerprint density at radius 3 is 2.32 bits per heavy atom. The second-order valence-corrected chi connectivity index (χ2v) is 9.63. The van der Waals surface area contributed by atoms with Gasteiger partial charge in [-0.2, -0.15) is 4.72 Å². The maximum absolute atomic E-state index is 13.3. The molecule has 0 saturated heterocycles. The number of carbonyl (C=O) groups excluding carboxylic acids is 1. The zero-order valence-corrected chi connectivity index (χ0v) is 20.6. The second kappa shape index (κ2) is 11.2. The quantitative estimate of drug-likeness (QED) is 0.451. The van der Waals surface area contributed by atoms with Gasteiger partial charge in [-0.1, -0.05) is 36.4 Å². The molecular weight excluding hydrogens is 452 g/mol. The van der Waals surface area contributed by atoms with Gasteiger partial charge in [-0.25, -0.2) is 8.42 Å². The molecule has 8 heteroatoms. The van der Waals surface area contributed by atoms with Crippen LogP contribution in [0.4, 0.5) is 5.69 Å². The van der Waals surface area contributed by atoms with E-state index in [4.69, 9.17) is 9.47 Å². The van der Waals surface area contributed by atoms with Crippen LogP contribution in [0, 0.1) is 13.8 Å². The first-order valence-corrected chi connectivity index (χ1v) is 12.5. The summed E-state index contributed by atoms with van der Waals surface area (Å²) >= 11 is 0. The highest BCUT2D eigenvalue weighted by molar-refractivity contribution is 7.89. The van der Waals surface area contributed by atoms with Crippen LogP contribution in [0.15, 0.2) is 71.6 Å². The topological polar surface area (TPSA) is 93.7 Å². The molecule has 34 heavy (non-hydrogen) atoms. The normalized spacial score (nSPS) is 12.1. The maximum Gasteiger partial charge on any atom is 0.243 e. The van der Waals surface area contributed by atoms with E-state index >= 15 is 0 Å². The van der Waals surface area contributed by atoms with E-state index in [0.717, 1.165) is 11.1 Å². The van der Waals surface area contributed by atoms with Gasteiger partial charge < -0.3 is 14.8 Å². The number of rotatable bonds is 10. The molecule has 0 unspecified atom stereocenters. The summed E-state index contributed by atoms with van der Waals surface area (Å²) in [5.74, 6) is 0.618. The standard InChI is InChI=1S/C26H30N2O5S/c1-5-33-24-14-12-21(16-19(24)3)34(30,31)28-23(17-20-9-7-6-8-10-20)26(29)27-22-15-18(2)11-13-25(22)32-4/h6-16,23,28H,5,17H2,1-4H3,(H,27,29)/t23-/m0/s1. The molecule has 0 fully saturated rings. The molecule has 0 aliphatic carbocycles. The van der Waals surface area contributed by atoms with Gasteiger partial charge in [0.1, 0.15) is 17.5 Å². The molecule has 0 aliphatic rings. The highest BCUT2D eigenvalue weighted by Gasteiger charge is 2.27. The molecule has 7 nitrogen and oxygen atoms in total. The summed E-state index contributed by atoms with van der Waals surface area (Å²) in [5.41, 5.74) is 2.92. The van der Waals surface area contributed by atoms with E-state index in [1.807, 2.05) is 50.2 Å². The summed E-state index contributed by atoms with van der Waals surface area (Å²) in [6, 6.07) is 18.2. The Labute approximate surface area is 201 Å². The third-order valence-corrected chi connectivity index (χ3v) is 6.74. The molecule has 3 rings (SSSR count). The molecule has 0 radical (unpaired) electrons. The molecular formula is C26H30N2O5S. The summed E-state index contributed by atoms with van der Waals surface area (Å²) < 4.78 is 39.9. The van der Waals surface area contributed by atoms with E-state index in [2.05, 4.69) is 10.0 Å². The highest BCUT2D eigenvalue weighted by atomic mass is 32.2. The Morgan fingerprint density at radius 1 is 0.971 bits per heavy atom. The molecule has 1 atom stereocenters. The molecule has 1 amide bonds. The van der Waals surface area contributed by atoms with Crippen LogP contribution in [0.1, 0.15) is 23.6 Å². The first-order chi connectivity index (χ1) is 16.2. The number of sulfonamides is 1. The molecule has 0 heterocycles. The number of anilines is 1. The summed E-state index contributed by atoms with van der Waals surface area (Å²) in [6.07, 6.45) is 0.177. The van der Waals surface area contributed by atoms with Crippen LogP contribution in [-0.4, -0.2) is 34.1 Å². The third kappa shape index (κ3) is 6.36. The van der Waals surface area contributed by atoms with Crippen molar-refractivity contribution in [1.82, 2.24) is 4.72 Å². The van der Waals surface area contributed by atoms with Crippen molar-refractivity contribution in [1.29, 1.82) is 0 Å². The van der Waals surface area contributed by atoms with E-state index in [0.29, 0.717) is 29.4 Å². The van der Waals surface area contributed by atoms with Crippen molar-refractivity contribution >= 4 is 21.6 Å². The fraction of sp³-hybridized carbons (Fsp3) is 0.269. The van der Waals surface area contributed by atoms with Gasteiger partial charge in [0.05, 0.1) is 24.3 Å². The highest BCUT2D eigenvalue weighted by Crippen LogP contribution is 2.26. The number of methoxy groups -OCH3 is 1. The molecule has 0 bridgehead atoms. The van der Waals surface area contributed by atoms with Gasteiger partial charge in [0.15, 0.2) is 0 Å². The van der Waals surface area contributed by atoms with Crippen molar-refractivity contribution in [3.63, 3.8) is 0 Å². The predicted molar refractivity (Wildman–Crippen MR) is 133 cm³/mol. The van der Waals surface area contributed by atoms with Crippen molar-refractivity contribution in [2.75, 3.05) is 19.0 Å². The first-order valence-electron chi connectivity index (χ1n) is 11.0. The van der Waals surface area contributed by atoms with Gasteiger partial charge in [-0.15, -0.1) is 0 Å². The number of aryl methyl sites for hydroxylation is 2. The number of hydrogen-bond acceptors (Lipinski definition) is 5. The fourth-order valence-electron chi connectivity index (χ4n) is 3.54. The number of amides is 1. The molecule has 180 valence electrons. The number of ether oxygens (including phenoxy) is 2. The lowest BCUT2D eigenvalue weighted by atomic mass is 10.1. The zero-order chi connectivity index (χ0) is 24.7. The Hall–Kier alpha value is -3.36. The minimum Gasteiger partial charge on any atom is -0.495 e. The molecule has 0 aromatic heterocycles. The number of nitrogens with one attached hydrogen (secondary N) is 2. The molecule has 3 aromatic carbocycles. The molecule has 3 aromatic rings. The molecule has 2 N–H and O–H groups in total.